The fraction of sp³-hybridized carbons (Fsp3) is 0.300. The molecule has 5 nitrogen and oxygen atoms in total. The molecule has 25 heavy (non-hydrogen) atoms. The van der Waals surface area contributed by atoms with Crippen molar-refractivity contribution < 1.29 is 14.7 Å². The summed E-state index contributed by atoms with van der Waals surface area (Å²) in [6, 6.07) is 12.8. The molecule has 0 saturated carbocycles. The highest BCUT2D eigenvalue weighted by Crippen LogP contribution is 2.24. The number of carboxylic acids is 1. The van der Waals surface area contributed by atoms with E-state index in [4.69, 9.17) is 0 Å². The van der Waals surface area contributed by atoms with Crippen molar-refractivity contribution in [3.05, 3.63) is 64.7 Å². The molecule has 0 bridgehead atoms. The predicted molar refractivity (Wildman–Crippen MR) is 99.0 cm³/mol. The average molecular weight is 340 g/mol. The van der Waals surface area contributed by atoms with Crippen molar-refractivity contribution in [2.75, 3.05) is 5.32 Å². The van der Waals surface area contributed by atoms with Crippen molar-refractivity contribution in [3.8, 4) is 0 Å². The molecule has 0 saturated heterocycles. The topological polar surface area (TPSA) is 69.6 Å². The van der Waals surface area contributed by atoms with Crippen molar-refractivity contribution in [1.82, 2.24) is 4.90 Å². The highest BCUT2D eigenvalue weighted by atomic mass is 16.4. The van der Waals surface area contributed by atoms with Crippen LogP contribution in [0.15, 0.2) is 42.5 Å². The van der Waals surface area contributed by atoms with Gasteiger partial charge in [-0.25, -0.2) is 9.59 Å². The second kappa shape index (κ2) is 7.83. The molecule has 0 fully saturated rings. The maximum Gasteiger partial charge on any atom is 0.337 e. The normalized spacial score (nSPS) is 10.6. The molecule has 0 aliphatic rings. The van der Waals surface area contributed by atoms with E-state index in [1.54, 1.807) is 17.9 Å². The van der Waals surface area contributed by atoms with E-state index in [1.165, 1.54) is 0 Å². The number of carbonyl (C=O) groups is 2. The minimum Gasteiger partial charge on any atom is -0.478 e. The second-order valence-electron chi connectivity index (χ2n) is 6.45. The Balaban J connectivity index is 2.29. The van der Waals surface area contributed by atoms with Crippen LogP contribution < -0.4 is 5.32 Å². The lowest BCUT2D eigenvalue weighted by molar-refractivity contribution is 0.0698. The fourth-order valence-electron chi connectivity index (χ4n) is 2.75. The summed E-state index contributed by atoms with van der Waals surface area (Å²) >= 11 is 0. The molecule has 0 atom stereocenters. The largest absolute Gasteiger partial charge is 0.478 e. The van der Waals surface area contributed by atoms with Gasteiger partial charge in [-0.1, -0.05) is 36.4 Å². The zero-order valence-electron chi connectivity index (χ0n) is 15.0. The van der Waals surface area contributed by atoms with Gasteiger partial charge in [-0.05, 0) is 50.5 Å². The van der Waals surface area contributed by atoms with Crippen LogP contribution in [0, 0.1) is 13.8 Å². The molecule has 0 radical (unpaired) electrons. The van der Waals surface area contributed by atoms with Gasteiger partial charge in [0.15, 0.2) is 0 Å². The summed E-state index contributed by atoms with van der Waals surface area (Å²) in [6.07, 6.45) is 0. The van der Waals surface area contributed by atoms with Gasteiger partial charge in [-0.15, -0.1) is 0 Å². The van der Waals surface area contributed by atoms with Crippen LogP contribution in [0.4, 0.5) is 10.5 Å². The Morgan fingerprint density at radius 1 is 1.12 bits per heavy atom. The van der Waals surface area contributed by atoms with E-state index < -0.39 is 5.97 Å². The summed E-state index contributed by atoms with van der Waals surface area (Å²) in [4.78, 5) is 26.0. The molecular weight excluding hydrogens is 316 g/mol. The fourth-order valence-corrected chi connectivity index (χ4v) is 2.75. The van der Waals surface area contributed by atoms with Gasteiger partial charge in [0.1, 0.15) is 0 Å². The second-order valence-corrected chi connectivity index (χ2v) is 6.45. The number of benzene rings is 2. The molecule has 2 amide bonds. The molecular formula is C20H24N2O3. The number of anilines is 1. The number of hydrogen-bond acceptors (Lipinski definition) is 2. The first-order valence-corrected chi connectivity index (χ1v) is 8.25. The van der Waals surface area contributed by atoms with Gasteiger partial charge in [0.05, 0.1) is 11.3 Å². The Bertz CT molecular complexity index is 770. The Morgan fingerprint density at radius 3 is 2.32 bits per heavy atom. The Morgan fingerprint density at radius 2 is 1.76 bits per heavy atom. The SMILES string of the molecule is Cc1cc(C)c(NC(=O)N(Cc2ccccc2)C(C)C)c(C(=O)O)c1. The zero-order chi connectivity index (χ0) is 18.6. The van der Waals surface area contributed by atoms with E-state index in [1.807, 2.05) is 57.2 Å². The van der Waals surface area contributed by atoms with Crippen molar-refractivity contribution in [2.24, 2.45) is 0 Å². The van der Waals surface area contributed by atoms with Crippen LogP contribution in [-0.2, 0) is 6.54 Å². The van der Waals surface area contributed by atoms with Crippen LogP contribution in [0.25, 0.3) is 0 Å². The lowest BCUT2D eigenvalue weighted by atomic mass is 10.0. The monoisotopic (exact) mass is 340 g/mol. The minimum atomic E-state index is -1.05. The highest BCUT2D eigenvalue weighted by molar-refractivity contribution is 6.01. The summed E-state index contributed by atoms with van der Waals surface area (Å²) in [5, 5.41) is 12.2. The van der Waals surface area contributed by atoms with Crippen LogP contribution in [0.2, 0.25) is 0 Å². The van der Waals surface area contributed by atoms with Gasteiger partial charge < -0.3 is 15.3 Å². The molecule has 0 aromatic heterocycles. The predicted octanol–water partition coefficient (Wildman–Crippen LogP) is 4.44. The van der Waals surface area contributed by atoms with Crippen LogP contribution in [-0.4, -0.2) is 28.0 Å². The maximum atomic E-state index is 12.8. The lowest BCUT2D eigenvalue weighted by Gasteiger charge is -2.28. The van der Waals surface area contributed by atoms with Gasteiger partial charge >= 0.3 is 12.0 Å². The number of carbonyl (C=O) groups excluding carboxylic acids is 1. The van der Waals surface area contributed by atoms with Crippen LogP contribution in [0.3, 0.4) is 0 Å². The molecule has 0 unspecified atom stereocenters. The van der Waals surface area contributed by atoms with Gasteiger partial charge in [0.2, 0.25) is 0 Å². The third kappa shape index (κ3) is 4.59. The maximum absolute atomic E-state index is 12.8. The molecule has 0 aliphatic carbocycles. The highest BCUT2D eigenvalue weighted by Gasteiger charge is 2.21. The molecule has 2 rings (SSSR count). The molecule has 132 valence electrons. The molecule has 2 aromatic rings. The van der Waals surface area contributed by atoms with Crippen molar-refractivity contribution in [3.63, 3.8) is 0 Å². The number of carboxylic acid groups (broad SMARTS) is 1. The Hall–Kier alpha value is -2.82. The van der Waals surface area contributed by atoms with E-state index in [0.29, 0.717) is 12.2 Å². The molecule has 0 spiro atoms. The third-order valence-electron chi connectivity index (χ3n) is 4.02. The van der Waals surface area contributed by atoms with E-state index in [-0.39, 0.29) is 17.6 Å². The molecule has 0 heterocycles. The average Bonchev–Trinajstić information content (AvgIpc) is 2.55. The quantitative estimate of drug-likeness (QED) is 0.845. The van der Waals surface area contributed by atoms with E-state index >= 15 is 0 Å². The van der Waals surface area contributed by atoms with E-state index in [9.17, 15) is 14.7 Å². The smallest absolute Gasteiger partial charge is 0.337 e. The number of amides is 2. The van der Waals surface area contributed by atoms with Crippen LogP contribution in [0.1, 0.15) is 40.9 Å². The molecule has 2 N–H and O–H groups in total. The van der Waals surface area contributed by atoms with Gasteiger partial charge in [0, 0.05) is 12.6 Å². The van der Waals surface area contributed by atoms with Gasteiger partial charge in [0.25, 0.3) is 0 Å². The molecule has 5 heteroatoms. The first-order valence-electron chi connectivity index (χ1n) is 8.25. The van der Waals surface area contributed by atoms with Crippen molar-refractivity contribution >= 4 is 17.7 Å². The first kappa shape index (κ1) is 18.5. The van der Waals surface area contributed by atoms with Crippen molar-refractivity contribution in [1.29, 1.82) is 0 Å². The van der Waals surface area contributed by atoms with Gasteiger partial charge in [-0.3, -0.25) is 0 Å². The minimum absolute atomic E-state index is 0.0285. The summed E-state index contributed by atoms with van der Waals surface area (Å²) in [7, 11) is 0. The Kier molecular flexibility index (Phi) is 5.80. The number of aryl methyl sites for hydroxylation is 2. The summed E-state index contributed by atoms with van der Waals surface area (Å²) in [5.74, 6) is -1.05. The number of rotatable bonds is 5. The summed E-state index contributed by atoms with van der Waals surface area (Å²) in [6.45, 7) is 7.95. The number of hydrogen-bond donors (Lipinski definition) is 2. The molecule has 2 aromatic carbocycles. The summed E-state index contributed by atoms with van der Waals surface area (Å²) < 4.78 is 0. The number of nitrogens with zero attached hydrogens (tertiary/aromatic N) is 1. The molecule has 0 aliphatic heterocycles. The zero-order valence-corrected chi connectivity index (χ0v) is 15.0. The van der Waals surface area contributed by atoms with E-state index in [0.717, 1.165) is 16.7 Å². The van der Waals surface area contributed by atoms with Crippen LogP contribution >= 0.6 is 0 Å². The summed E-state index contributed by atoms with van der Waals surface area (Å²) in [5.41, 5.74) is 3.05. The first-order chi connectivity index (χ1) is 11.8. The van der Waals surface area contributed by atoms with Crippen LogP contribution in [0.5, 0.6) is 0 Å². The standard InChI is InChI=1S/C20H24N2O3/c1-13(2)22(12-16-8-6-5-7-9-16)20(25)21-18-15(4)10-14(3)11-17(18)19(23)24/h5-11,13H,12H2,1-4H3,(H,21,25)(H,23,24). The number of nitrogens with one attached hydrogen (secondary N) is 1. The van der Waals surface area contributed by atoms with Crippen molar-refractivity contribution in [2.45, 2.75) is 40.3 Å². The number of urea groups is 1. The lowest BCUT2D eigenvalue weighted by Crippen LogP contribution is -2.39. The van der Waals surface area contributed by atoms with Gasteiger partial charge in [-0.2, -0.15) is 0 Å². The third-order valence-corrected chi connectivity index (χ3v) is 4.02. The number of aromatic carboxylic acids is 1. The Labute approximate surface area is 148 Å². The van der Waals surface area contributed by atoms with E-state index in [2.05, 4.69) is 5.32 Å².